The van der Waals surface area contributed by atoms with Crippen molar-refractivity contribution < 1.29 is 0 Å². The van der Waals surface area contributed by atoms with E-state index in [0.717, 1.165) is 28.6 Å². The lowest BCUT2D eigenvalue weighted by Gasteiger charge is -2.14. The fraction of sp³-hybridized carbons (Fsp3) is 0.385. The Bertz CT molecular complexity index is 359. The summed E-state index contributed by atoms with van der Waals surface area (Å²) in [6.07, 6.45) is 6.09. The average molecular weight is 254 g/mol. The van der Waals surface area contributed by atoms with E-state index in [-0.39, 0.29) is 0 Å². The van der Waals surface area contributed by atoms with Gasteiger partial charge in [-0.15, -0.1) is 24.1 Å². The Labute approximate surface area is 107 Å². The van der Waals surface area contributed by atoms with Gasteiger partial charge in [0.2, 0.25) is 0 Å². The summed E-state index contributed by atoms with van der Waals surface area (Å²) < 4.78 is 0. The Hall–Kier alpha value is -0.620. The molecule has 1 N–H and O–H groups in total. The van der Waals surface area contributed by atoms with E-state index in [1.165, 1.54) is 0 Å². The molecule has 1 nitrogen and oxygen atoms in total. The Morgan fingerprint density at radius 3 is 2.88 bits per heavy atom. The number of halogens is 1. The molecule has 0 aliphatic carbocycles. The van der Waals surface area contributed by atoms with Crippen molar-refractivity contribution in [1.82, 2.24) is 5.32 Å². The van der Waals surface area contributed by atoms with Gasteiger partial charge in [0.15, 0.2) is 0 Å². The Morgan fingerprint density at radius 2 is 2.25 bits per heavy atom. The van der Waals surface area contributed by atoms with Crippen molar-refractivity contribution in [3.05, 3.63) is 29.3 Å². The molecule has 1 atom stereocenters. The second-order valence-electron chi connectivity index (χ2n) is 3.40. The van der Waals surface area contributed by atoms with Crippen molar-refractivity contribution in [1.29, 1.82) is 0 Å². The monoisotopic (exact) mass is 253 g/mol. The van der Waals surface area contributed by atoms with Gasteiger partial charge in [-0.1, -0.05) is 30.7 Å². The minimum Gasteiger partial charge on any atom is -0.312 e. The number of benzene rings is 1. The lowest BCUT2D eigenvalue weighted by molar-refractivity contribution is 0.588. The fourth-order valence-electron chi connectivity index (χ4n) is 1.37. The third kappa shape index (κ3) is 4.49. The van der Waals surface area contributed by atoms with Crippen LogP contribution in [0, 0.1) is 12.3 Å². The average Bonchev–Trinajstić information content (AvgIpc) is 2.28. The van der Waals surface area contributed by atoms with Gasteiger partial charge in [-0.3, -0.25) is 0 Å². The van der Waals surface area contributed by atoms with Gasteiger partial charge in [0, 0.05) is 23.1 Å². The Balaban J connectivity index is 2.49. The molecule has 0 amide bonds. The van der Waals surface area contributed by atoms with Gasteiger partial charge in [0.1, 0.15) is 0 Å². The standard InChI is InChI=1S/C13H16ClNS/c1-3-7-11(15-4-2)10-16-13-9-6-5-8-12(13)14/h1,5-6,8-9,11,15H,4,7,10H2,2H3. The van der Waals surface area contributed by atoms with E-state index in [4.69, 9.17) is 18.0 Å². The maximum atomic E-state index is 6.08. The van der Waals surface area contributed by atoms with Crippen molar-refractivity contribution in [2.75, 3.05) is 12.3 Å². The molecular weight excluding hydrogens is 238 g/mol. The fourth-order valence-corrected chi connectivity index (χ4v) is 2.67. The highest BCUT2D eigenvalue weighted by Crippen LogP contribution is 2.27. The summed E-state index contributed by atoms with van der Waals surface area (Å²) in [5, 5.41) is 4.18. The number of nitrogens with one attached hydrogen (secondary N) is 1. The summed E-state index contributed by atoms with van der Waals surface area (Å²) in [5.74, 6) is 3.64. The number of rotatable bonds is 6. The SMILES string of the molecule is C#CCC(CSc1ccccc1Cl)NCC. The van der Waals surface area contributed by atoms with Crippen LogP contribution in [-0.2, 0) is 0 Å². The van der Waals surface area contributed by atoms with E-state index in [0.29, 0.717) is 6.04 Å². The highest BCUT2D eigenvalue weighted by molar-refractivity contribution is 7.99. The van der Waals surface area contributed by atoms with Crippen molar-refractivity contribution >= 4 is 23.4 Å². The minimum atomic E-state index is 0.358. The van der Waals surface area contributed by atoms with Crippen LogP contribution in [0.1, 0.15) is 13.3 Å². The highest BCUT2D eigenvalue weighted by Gasteiger charge is 2.07. The molecule has 0 spiro atoms. The molecule has 3 heteroatoms. The molecule has 86 valence electrons. The lowest BCUT2D eigenvalue weighted by atomic mass is 10.2. The molecule has 0 saturated heterocycles. The second kappa shape index (κ2) is 7.62. The molecule has 1 unspecified atom stereocenters. The van der Waals surface area contributed by atoms with E-state index in [1.54, 1.807) is 11.8 Å². The first-order valence-electron chi connectivity index (χ1n) is 5.32. The van der Waals surface area contributed by atoms with Gasteiger partial charge >= 0.3 is 0 Å². The zero-order valence-corrected chi connectivity index (χ0v) is 10.9. The summed E-state index contributed by atoms with van der Waals surface area (Å²) in [5.41, 5.74) is 0. The van der Waals surface area contributed by atoms with Gasteiger partial charge in [-0.25, -0.2) is 0 Å². The zero-order valence-electron chi connectivity index (χ0n) is 9.37. The summed E-state index contributed by atoms with van der Waals surface area (Å²) in [4.78, 5) is 1.11. The van der Waals surface area contributed by atoms with Gasteiger partial charge in [0.05, 0.1) is 5.02 Å². The van der Waals surface area contributed by atoms with Crippen LogP contribution >= 0.6 is 23.4 Å². The molecule has 0 heterocycles. The first-order valence-corrected chi connectivity index (χ1v) is 6.68. The predicted octanol–water partition coefficient (Wildman–Crippen LogP) is 3.43. The smallest absolute Gasteiger partial charge is 0.0541 e. The van der Waals surface area contributed by atoms with Crippen LogP contribution in [0.2, 0.25) is 5.02 Å². The van der Waals surface area contributed by atoms with Gasteiger partial charge < -0.3 is 5.32 Å². The van der Waals surface area contributed by atoms with Gasteiger partial charge in [-0.2, -0.15) is 0 Å². The van der Waals surface area contributed by atoms with Crippen molar-refractivity contribution in [2.45, 2.75) is 24.3 Å². The van der Waals surface area contributed by atoms with E-state index >= 15 is 0 Å². The first kappa shape index (κ1) is 13.4. The van der Waals surface area contributed by atoms with Crippen LogP contribution in [0.4, 0.5) is 0 Å². The molecule has 1 aromatic rings. The highest BCUT2D eigenvalue weighted by atomic mass is 35.5. The van der Waals surface area contributed by atoms with E-state index < -0.39 is 0 Å². The number of terminal acetylenes is 1. The Kier molecular flexibility index (Phi) is 6.40. The van der Waals surface area contributed by atoms with Crippen LogP contribution in [0.15, 0.2) is 29.2 Å². The molecule has 0 aromatic heterocycles. The molecular formula is C13H16ClNS. The summed E-state index contributed by atoms with van der Waals surface area (Å²) in [6, 6.07) is 8.24. The molecule has 0 aliphatic heterocycles. The predicted molar refractivity (Wildman–Crippen MR) is 73.1 cm³/mol. The van der Waals surface area contributed by atoms with Crippen molar-refractivity contribution in [3.8, 4) is 12.3 Å². The van der Waals surface area contributed by atoms with Crippen molar-refractivity contribution in [3.63, 3.8) is 0 Å². The molecule has 0 fully saturated rings. The molecule has 0 bridgehead atoms. The zero-order chi connectivity index (χ0) is 11.8. The van der Waals surface area contributed by atoms with Crippen LogP contribution in [0.25, 0.3) is 0 Å². The van der Waals surface area contributed by atoms with E-state index in [1.807, 2.05) is 24.3 Å². The quantitative estimate of drug-likeness (QED) is 0.616. The number of thioether (sulfide) groups is 1. The second-order valence-corrected chi connectivity index (χ2v) is 4.87. The van der Waals surface area contributed by atoms with Crippen LogP contribution in [-0.4, -0.2) is 18.3 Å². The molecule has 0 radical (unpaired) electrons. The Morgan fingerprint density at radius 1 is 1.50 bits per heavy atom. The van der Waals surface area contributed by atoms with E-state index in [9.17, 15) is 0 Å². The summed E-state index contributed by atoms with van der Waals surface area (Å²) >= 11 is 7.83. The summed E-state index contributed by atoms with van der Waals surface area (Å²) in [7, 11) is 0. The van der Waals surface area contributed by atoms with Crippen LogP contribution in [0.5, 0.6) is 0 Å². The maximum Gasteiger partial charge on any atom is 0.0541 e. The molecule has 1 aromatic carbocycles. The third-order valence-corrected chi connectivity index (χ3v) is 3.81. The largest absolute Gasteiger partial charge is 0.312 e. The summed E-state index contributed by atoms with van der Waals surface area (Å²) in [6.45, 7) is 3.03. The topological polar surface area (TPSA) is 12.0 Å². The lowest BCUT2D eigenvalue weighted by Crippen LogP contribution is -2.30. The maximum absolute atomic E-state index is 6.08. The molecule has 0 saturated carbocycles. The van der Waals surface area contributed by atoms with E-state index in [2.05, 4.69) is 18.2 Å². The minimum absolute atomic E-state index is 0.358. The van der Waals surface area contributed by atoms with Crippen LogP contribution < -0.4 is 5.32 Å². The van der Waals surface area contributed by atoms with Gasteiger partial charge in [-0.05, 0) is 18.7 Å². The number of hydrogen-bond donors (Lipinski definition) is 1. The molecule has 16 heavy (non-hydrogen) atoms. The first-order chi connectivity index (χ1) is 7.77. The van der Waals surface area contributed by atoms with Gasteiger partial charge in [0.25, 0.3) is 0 Å². The number of hydrogen-bond acceptors (Lipinski definition) is 2. The van der Waals surface area contributed by atoms with Crippen molar-refractivity contribution in [2.24, 2.45) is 0 Å². The molecule has 0 aliphatic rings. The third-order valence-electron chi connectivity index (χ3n) is 2.13. The van der Waals surface area contributed by atoms with Crippen LogP contribution in [0.3, 0.4) is 0 Å². The molecule has 1 rings (SSSR count). The normalized spacial score (nSPS) is 12.1.